The summed E-state index contributed by atoms with van der Waals surface area (Å²) < 4.78 is 5.30. The highest BCUT2D eigenvalue weighted by Gasteiger charge is 2.68. The lowest BCUT2D eigenvalue weighted by Crippen LogP contribution is -2.54. The number of aldehydes is 1. The molecule has 3 aromatic carbocycles. The second kappa shape index (κ2) is 6.14. The number of methoxy groups -OCH3 is 1. The van der Waals surface area contributed by atoms with Crippen LogP contribution in [0.15, 0.2) is 72.8 Å². The number of rotatable bonds is 3. The van der Waals surface area contributed by atoms with E-state index in [0.29, 0.717) is 11.4 Å². The van der Waals surface area contributed by atoms with Crippen LogP contribution < -0.4 is 9.64 Å². The predicted octanol–water partition coefficient (Wildman–Crippen LogP) is 3.44. The van der Waals surface area contributed by atoms with Crippen LogP contribution in [-0.2, 0) is 19.8 Å². The Morgan fingerprint density at radius 1 is 0.871 bits per heavy atom. The summed E-state index contributed by atoms with van der Waals surface area (Å²) in [7, 11) is 1.54. The van der Waals surface area contributed by atoms with E-state index >= 15 is 0 Å². The van der Waals surface area contributed by atoms with Gasteiger partial charge in [0.05, 0.1) is 30.0 Å². The lowest BCUT2D eigenvalue weighted by molar-refractivity contribution is -0.128. The van der Waals surface area contributed by atoms with E-state index in [0.717, 1.165) is 28.5 Å². The molecule has 4 aliphatic rings. The van der Waals surface area contributed by atoms with Crippen LogP contribution in [0.3, 0.4) is 0 Å². The molecule has 1 aliphatic heterocycles. The van der Waals surface area contributed by atoms with Crippen molar-refractivity contribution in [2.24, 2.45) is 11.8 Å². The molecule has 31 heavy (non-hydrogen) atoms. The van der Waals surface area contributed by atoms with Crippen molar-refractivity contribution in [3.63, 3.8) is 0 Å². The lowest BCUT2D eigenvalue weighted by Gasteiger charge is -2.51. The highest BCUT2D eigenvalue weighted by Crippen LogP contribution is 2.63. The summed E-state index contributed by atoms with van der Waals surface area (Å²) in [5.74, 6) is -1.67. The molecule has 0 aromatic heterocycles. The van der Waals surface area contributed by atoms with Gasteiger partial charge in [-0.15, -0.1) is 0 Å². The lowest BCUT2D eigenvalue weighted by atomic mass is 9.48. The largest absolute Gasteiger partial charge is 0.497 e. The first-order valence-corrected chi connectivity index (χ1v) is 10.3. The van der Waals surface area contributed by atoms with Gasteiger partial charge in [-0.25, -0.2) is 4.90 Å². The Hall–Kier alpha value is -3.73. The Morgan fingerprint density at radius 3 is 2.13 bits per heavy atom. The van der Waals surface area contributed by atoms with Crippen molar-refractivity contribution in [2.75, 3.05) is 12.0 Å². The minimum atomic E-state index is -1.17. The molecule has 3 aliphatic carbocycles. The zero-order valence-corrected chi connectivity index (χ0v) is 16.8. The van der Waals surface area contributed by atoms with Gasteiger partial charge in [-0.05, 0) is 34.4 Å². The van der Waals surface area contributed by atoms with Crippen LogP contribution in [-0.4, -0.2) is 25.2 Å². The molecular formula is C26H19NO4. The third-order valence-corrected chi connectivity index (χ3v) is 7.18. The fourth-order valence-electron chi connectivity index (χ4n) is 6.03. The predicted molar refractivity (Wildman–Crippen MR) is 114 cm³/mol. The van der Waals surface area contributed by atoms with Gasteiger partial charge in [0.1, 0.15) is 12.0 Å². The van der Waals surface area contributed by atoms with Gasteiger partial charge >= 0.3 is 0 Å². The van der Waals surface area contributed by atoms with E-state index in [2.05, 4.69) is 0 Å². The Morgan fingerprint density at radius 2 is 1.52 bits per heavy atom. The molecule has 0 saturated carbocycles. The zero-order chi connectivity index (χ0) is 21.3. The number of anilines is 1. The van der Waals surface area contributed by atoms with Gasteiger partial charge in [-0.3, -0.25) is 9.59 Å². The molecule has 0 spiro atoms. The molecule has 0 N–H and O–H groups in total. The van der Waals surface area contributed by atoms with E-state index in [1.54, 1.807) is 31.4 Å². The van der Waals surface area contributed by atoms with Gasteiger partial charge in [0.15, 0.2) is 0 Å². The summed E-state index contributed by atoms with van der Waals surface area (Å²) in [5.41, 5.74) is 2.89. The molecule has 1 heterocycles. The van der Waals surface area contributed by atoms with Crippen molar-refractivity contribution in [3.05, 3.63) is 95.1 Å². The van der Waals surface area contributed by atoms with Crippen molar-refractivity contribution in [1.29, 1.82) is 0 Å². The number of carbonyl (C=O) groups is 3. The minimum absolute atomic E-state index is 0.258. The maximum Gasteiger partial charge on any atom is 0.239 e. The van der Waals surface area contributed by atoms with Crippen molar-refractivity contribution in [1.82, 2.24) is 0 Å². The van der Waals surface area contributed by atoms with Crippen LogP contribution in [0.1, 0.15) is 28.2 Å². The van der Waals surface area contributed by atoms with Crippen molar-refractivity contribution in [2.45, 2.75) is 11.3 Å². The number of ether oxygens (including phenoxy) is 1. The molecular weight excluding hydrogens is 390 g/mol. The first kappa shape index (κ1) is 18.1. The number of hydrogen-bond donors (Lipinski definition) is 0. The number of amides is 2. The monoisotopic (exact) mass is 409 g/mol. The van der Waals surface area contributed by atoms with Crippen LogP contribution in [0.4, 0.5) is 5.69 Å². The summed E-state index contributed by atoms with van der Waals surface area (Å²) in [5, 5.41) is 0. The van der Waals surface area contributed by atoms with E-state index < -0.39 is 17.3 Å². The molecule has 2 atom stereocenters. The Balaban J connectivity index is 1.63. The standard InChI is InChI=1S/C26H19NO4/c1-31-16-8-6-7-15(13-16)27-24(29)22-21-17-9-2-4-11-19(17)26(14-28,23(22)25(27)30)20-12-5-3-10-18(20)21/h2-14,21-23H,1H3/t21?,22-,23-,26?/m0/s1. The molecule has 1 fully saturated rings. The molecule has 5 nitrogen and oxygen atoms in total. The topological polar surface area (TPSA) is 63.7 Å². The number of hydrogen-bond acceptors (Lipinski definition) is 4. The highest BCUT2D eigenvalue weighted by molar-refractivity contribution is 6.24. The second-order valence-corrected chi connectivity index (χ2v) is 8.36. The molecule has 152 valence electrons. The van der Waals surface area contributed by atoms with Gasteiger partial charge in [0.2, 0.25) is 11.8 Å². The maximum atomic E-state index is 13.8. The normalized spacial score (nSPS) is 27.5. The van der Waals surface area contributed by atoms with Gasteiger partial charge in [0, 0.05) is 12.0 Å². The molecule has 1 saturated heterocycles. The van der Waals surface area contributed by atoms with Crippen LogP contribution in [0.2, 0.25) is 0 Å². The summed E-state index contributed by atoms with van der Waals surface area (Å²) in [6.07, 6.45) is 0.887. The van der Waals surface area contributed by atoms with Crippen LogP contribution in [0.25, 0.3) is 0 Å². The van der Waals surface area contributed by atoms with Crippen LogP contribution in [0.5, 0.6) is 5.75 Å². The number of benzene rings is 3. The molecule has 7 rings (SSSR count). The van der Waals surface area contributed by atoms with Gasteiger partial charge in [-0.2, -0.15) is 0 Å². The fourth-order valence-corrected chi connectivity index (χ4v) is 6.03. The summed E-state index contributed by atoms with van der Waals surface area (Å²) >= 11 is 0. The summed E-state index contributed by atoms with van der Waals surface area (Å²) in [6.45, 7) is 0. The molecule has 2 amide bonds. The molecule has 0 radical (unpaired) electrons. The van der Waals surface area contributed by atoms with Gasteiger partial charge in [0.25, 0.3) is 0 Å². The van der Waals surface area contributed by atoms with Gasteiger partial charge < -0.3 is 9.53 Å². The first-order valence-electron chi connectivity index (χ1n) is 10.3. The number of nitrogens with zero attached hydrogens (tertiary/aromatic N) is 1. The third kappa shape index (κ3) is 2.03. The number of imide groups is 1. The highest BCUT2D eigenvalue weighted by atomic mass is 16.5. The van der Waals surface area contributed by atoms with E-state index in [4.69, 9.17) is 4.74 Å². The van der Waals surface area contributed by atoms with Gasteiger partial charge in [-0.1, -0.05) is 54.6 Å². The average molecular weight is 409 g/mol. The van der Waals surface area contributed by atoms with E-state index in [1.807, 2.05) is 48.5 Å². The molecule has 3 aromatic rings. The minimum Gasteiger partial charge on any atom is -0.497 e. The second-order valence-electron chi connectivity index (χ2n) is 8.36. The smallest absolute Gasteiger partial charge is 0.239 e. The maximum absolute atomic E-state index is 13.8. The van der Waals surface area contributed by atoms with E-state index in [-0.39, 0.29) is 17.7 Å². The zero-order valence-electron chi connectivity index (χ0n) is 16.8. The van der Waals surface area contributed by atoms with E-state index in [1.165, 1.54) is 4.90 Å². The third-order valence-electron chi connectivity index (χ3n) is 7.18. The van der Waals surface area contributed by atoms with Crippen molar-refractivity contribution >= 4 is 23.8 Å². The molecule has 2 bridgehead atoms. The molecule has 0 unspecified atom stereocenters. The Bertz CT molecular complexity index is 1230. The van der Waals surface area contributed by atoms with E-state index in [9.17, 15) is 14.4 Å². The average Bonchev–Trinajstić information content (AvgIpc) is 3.10. The van der Waals surface area contributed by atoms with Crippen molar-refractivity contribution < 1.29 is 19.1 Å². The SMILES string of the molecule is COc1cccc(N2C(=O)[C@@H]3[C@@H](C2=O)C2c4ccccc4C3(C=O)c3ccccc32)c1. The molecule has 5 heteroatoms. The quantitative estimate of drug-likeness (QED) is 0.491. The summed E-state index contributed by atoms with van der Waals surface area (Å²) in [4.78, 5) is 41.7. The Kier molecular flexibility index (Phi) is 3.58. The van der Waals surface area contributed by atoms with Crippen molar-refractivity contribution in [3.8, 4) is 5.75 Å². The van der Waals surface area contributed by atoms with Crippen LogP contribution >= 0.6 is 0 Å². The van der Waals surface area contributed by atoms with Crippen LogP contribution in [0, 0.1) is 11.8 Å². The summed E-state index contributed by atoms with van der Waals surface area (Å²) in [6, 6.07) is 22.4. The Labute approximate surface area is 179 Å². The first-order chi connectivity index (χ1) is 15.1. The fraction of sp³-hybridized carbons (Fsp3) is 0.192. The number of carbonyl (C=O) groups excluding carboxylic acids is 3.